The van der Waals surface area contributed by atoms with Gasteiger partial charge in [0.25, 0.3) is 0 Å². The molecule has 2 rings (SSSR count). The molecule has 1 aliphatic carbocycles. The van der Waals surface area contributed by atoms with E-state index in [1.807, 2.05) is 26.0 Å². The Bertz CT molecular complexity index is 528. The second kappa shape index (κ2) is 6.95. The summed E-state index contributed by atoms with van der Waals surface area (Å²) in [4.78, 5) is 24.4. The Kier molecular flexibility index (Phi) is 5.22. The minimum Gasteiger partial charge on any atom is -0.466 e. The summed E-state index contributed by atoms with van der Waals surface area (Å²) >= 11 is 0. The minimum absolute atomic E-state index is 0.0141. The molecule has 2 unspecified atom stereocenters. The number of rotatable bonds is 6. The molecule has 0 aliphatic heterocycles. The summed E-state index contributed by atoms with van der Waals surface area (Å²) in [6.45, 7) is 5.98. The van der Waals surface area contributed by atoms with Gasteiger partial charge in [-0.25, -0.2) is 0 Å². The second-order valence-electron chi connectivity index (χ2n) is 6.39. The molecule has 0 radical (unpaired) electrons. The normalized spacial score (nSPS) is 17.1. The van der Waals surface area contributed by atoms with Crippen molar-refractivity contribution in [3.05, 3.63) is 35.4 Å². The Morgan fingerprint density at radius 3 is 2.18 bits per heavy atom. The number of carbonyl (C=O) groups is 2. The molecule has 0 heterocycles. The van der Waals surface area contributed by atoms with E-state index in [0.29, 0.717) is 6.61 Å². The molecule has 22 heavy (non-hydrogen) atoms. The fourth-order valence-electron chi connectivity index (χ4n) is 3.62. The maximum atomic E-state index is 12.3. The average molecular weight is 303 g/mol. The van der Waals surface area contributed by atoms with Gasteiger partial charge in [0.15, 0.2) is 0 Å². The Balaban J connectivity index is 2.26. The van der Waals surface area contributed by atoms with E-state index in [-0.39, 0.29) is 17.8 Å². The van der Waals surface area contributed by atoms with Crippen LogP contribution in [0.5, 0.6) is 0 Å². The molecule has 4 heteroatoms. The summed E-state index contributed by atoms with van der Waals surface area (Å²) in [6, 6.07) is 8.18. The van der Waals surface area contributed by atoms with Crippen molar-refractivity contribution in [1.82, 2.24) is 0 Å². The number of carbonyl (C=O) groups excluding carboxylic acids is 2. The highest BCUT2D eigenvalue weighted by Crippen LogP contribution is 2.37. The van der Waals surface area contributed by atoms with Gasteiger partial charge in [-0.3, -0.25) is 9.59 Å². The van der Waals surface area contributed by atoms with Crippen molar-refractivity contribution in [2.75, 3.05) is 6.61 Å². The van der Waals surface area contributed by atoms with Crippen LogP contribution in [0.2, 0.25) is 0 Å². The summed E-state index contributed by atoms with van der Waals surface area (Å²) < 4.78 is 5.19. The third kappa shape index (κ3) is 3.32. The van der Waals surface area contributed by atoms with Crippen LogP contribution in [0.4, 0.5) is 0 Å². The SMILES string of the molecule is CCOC(=O)C(C(C)C)C(C(N)=O)C1Cc2ccccc2C1. The predicted octanol–water partition coefficient (Wildman–Crippen LogP) is 2.34. The molecule has 1 aromatic carbocycles. The number of hydrogen-bond acceptors (Lipinski definition) is 3. The smallest absolute Gasteiger partial charge is 0.310 e. The van der Waals surface area contributed by atoms with Gasteiger partial charge in [0, 0.05) is 0 Å². The summed E-state index contributed by atoms with van der Waals surface area (Å²) in [5.74, 6) is -1.57. The number of primary amides is 1. The molecule has 0 aromatic heterocycles. The van der Waals surface area contributed by atoms with Gasteiger partial charge in [-0.15, -0.1) is 0 Å². The lowest BCUT2D eigenvalue weighted by Crippen LogP contribution is -2.42. The van der Waals surface area contributed by atoms with Crippen LogP contribution in [0.25, 0.3) is 0 Å². The van der Waals surface area contributed by atoms with Crippen LogP contribution >= 0.6 is 0 Å². The van der Waals surface area contributed by atoms with Gasteiger partial charge in [0.2, 0.25) is 5.91 Å². The molecule has 1 amide bonds. The van der Waals surface area contributed by atoms with Crippen molar-refractivity contribution in [2.45, 2.75) is 33.6 Å². The van der Waals surface area contributed by atoms with E-state index in [1.54, 1.807) is 6.92 Å². The van der Waals surface area contributed by atoms with Gasteiger partial charge in [0.1, 0.15) is 0 Å². The molecule has 0 saturated heterocycles. The zero-order valence-corrected chi connectivity index (χ0v) is 13.5. The van der Waals surface area contributed by atoms with Crippen molar-refractivity contribution >= 4 is 11.9 Å². The lowest BCUT2D eigenvalue weighted by atomic mass is 9.74. The second-order valence-corrected chi connectivity index (χ2v) is 6.39. The molecule has 4 nitrogen and oxygen atoms in total. The monoisotopic (exact) mass is 303 g/mol. The summed E-state index contributed by atoms with van der Waals surface area (Å²) in [5.41, 5.74) is 8.19. The molecule has 1 aliphatic rings. The molecule has 0 spiro atoms. The quantitative estimate of drug-likeness (QED) is 0.820. The fraction of sp³-hybridized carbons (Fsp3) is 0.556. The summed E-state index contributed by atoms with van der Waals surface area (Å²) in [5, 5.41) is 0. The van der Waals surface area contributed by atoms with Crippen molar-refractivity contribution in [3.63, 3.8) is 0 Å². The molecule has 0 fully saturated rings. The van der Waals surface area contributed by atoms with Crippen LogP contribution < -0.4 is 5.73 Å². The molecular weight excluding hydrogens is 278 g/mol. The molecule has 0 saturated carbocycles. The average Bonchev–Trinajstić information content (AvgIpc) is 2.86. The zero-order chi connectivity index (χ0) is 16.3. The van der Waals surface area contributed by atoms with E-state index in [0.717, 1.165) is 12.8 Å². The Morgan fingerprint density at radius 2 is 1.77 bits per heavy atom. The number of amides is 1. The van der Waals surface area contributed by atoms with Crippen molar-refractivity contribution in [2.24, 2.45) is 29.4 Å². The van der Waals surface area contributed by atoms with Crippen LogP contribution in [0.1, 0.15) is 31.9 Å². The first kappa shape index (κ1) is 16.5. The van der Waals surface area contributed by atoms with Gasteiger partial charge in [-0.05, 0) is 42.7 Å². The number of benzene rings is 1. The van der Waals surface area contributed by atoms with Gasteiger partial charge in [-0.2, -0.15) is 0 Å². The summed E-state index contributed by atoms with van der Waals surface area (Å²) in [6.07, 6.45) is 1.60. The number of esters is 1. The maximum absolute atomic E-state index is 12.3. The van der Waals surface area contributed by atoms with E-state index in [1.165, 1.54) is 11.1 Å². The number of ether oxygens (including phenoxy) is 1. The largest absolute Gasteiger partial charge is 0.466 e. The Hall–Kier alpha value is -1.84. The highest BCUT2D eigenvalue weighted by atomic mass is 16.5. The van der Waals surface area contributed by atoms with E-state index in [2.05, 4.69) is 12.1 Å². The third-order valence-corrected chi connectivity index (χ3v) is 4.58. The van der Waals surface area contributed by atoms with E-state index < -0.39 is 17.7 Å². The van der Waals surface area contributed by atoms with Gasteiger partial charge < -0.3 is 10.5 Å². The third-order valence-electron chi connectivity index (χ3n) is 4.58. The van der Waals surface area contributed by atoms with Crippen molar-refractivity contribution in [1.29, 1.82) is 0 Å². The topological polar surface area (TPSA) is 69.4 Å². The van der Waals surface area contributed by atoms with Crippen molar-refractivity contribution < 1.29 is 14.3 Å². The Morgan fingerprint density at radius 1 is 1.23 bits per heavy atom. The zero-order valence-electron chi connectivity index (χ0n) is 13.5. The maximum Gasteiger partial charge on any atom is 0.310 e. The first-order valence-corrected chi connectivity index (χ1v) is 7.98. The first-order valence-electron chi connectivity index (χ1n) is 7.98. The van der Waals surface area contributed by atoms with Crippen LogP contribution in [-0.2, 0) is 27.2 Å². The lowest BCUT2D eigenvalue weighted by Gasteiger charge is -2.30. The minimum atomic E-state index is -0.480. The Labute approximate surface area is 132 Å². The van der Waals surface area contributed by atoms with E-state index >= 15 is 0 Å². The highest BCUT2D eigenvalue weighted by molar-refractivity contribution is 5.85. The molecule has 120 valence electrons. The van der Waals surface area contributed by atoms with Gasteiger partial charge in [-0.1, -0.05) is 38.1 Å². The fourth-order valence-corrected chi connectivity index (χ4v) is 3.62. The number of nitrogens with two attached hydrogens (primary N) is 1. The molecule has 0 bridgehead atoms. The lowest BCUT2D eigenvalue weighted by molar-refractivity contribution is -0.155. The van der Waals surface area contributed by atoms with Crippen LogP contribution in [0, 0.1) is 23.7 Å². The van der Waals surface area contributed by atoms with Crippen LogP contribution in [-0.4, -0.2) is 18.5 Å². The number of fused-ring (bicyclic) bond motifs is 1. The molecule has 2 N–H and O–H groups in total. The molecule has 2 atom stereocenters. The standard InChI is InChI=1S/C18H25NO3/c1-4-22-18(21)15(11(2)3)16(17(19)20)14-9-12-7-5-6-8-13(12)10-14/h5-8,11,14-16H,4,9-10H2,1-3H3,(H2,19,20). The predicted molar refractivity (Wildman–Crippen MR) is 85.0 cm³/mol. The van der Waals surface area contributed by atoms with Gasteiger partial charge in [0.05, 0.1) is 18.4 Å². The van der Waals surface area contributed by atoms with Crippen molar-refractivity contribution in [3.8, 4) is 0 Å². The molecular formula is C18H25NO3. The summed E-state index contributed by atoms with van der Waals surface area (Å²) in [7, 11) is 0. The van der Waals surface area contributed by atoms with Crippen LogP contribution in [0.3, 0.4) is 0 Å². The van der Waals surface area contributed by atoms with E-state index in [4.69, 9.17) is 10.5 Å². The molecule has 1 aromatic rings. The highest BCUT2D eigenvalue weighted by Gasteiger charge is 2.42. The van der Waals surface area contributed by atoms with Gasteiger partial charge >= 0.3 is 5.97 Å². The van der Waals surface area contributed by atoms with Crippen LogP contribution in [0.15, 0.2) is 24.3 Å². The first-order chi connectivity index (χ1) is 10.5. The van der Waals surface area contributed by atoms with E-state index in [9.17, 15) is 9.59 Å². The number of hydrogen-bond donors (Lipinski definition) is 1.